The monoisotopic (exact) mass is 459 g/mol. The molecule has 0 aliphatic heterocycles. The van der Waals surface area contributed by atoms with Crippen LogP contribution in [-0.2, 0) is 9.16 Å². The van der Waals surface area contributed by atoms with Gasteiger partial charge in [-0.15, -0.1) is 0 Å². The van der Waals surface area contributed by atoms with Gasteiger partial charge in [0.1, 0.15) is 36.0 Å². The van der Waals surface area contributed by atoms with Crippen LogP contribution in [0.25, 0.3) is 0 Å². The van der Waals surface area contributed by atoms with Crippen LogP contribution < -0.4 is 10.1 Å². The van der Waals surface area contributed by atoms with Gasteiger partial charge in [0.25, 0.3) is 0 Å². The lowest BCUT2D eigenvalue weighted by molar-refractivity contribution is 0.0114. The van der Waals surface area contributed by atoms with Crippen LogP contribution >= 0.6 is 0 Å². The van der Waals surface area contributed by atoms with Crippen LogP contribution in [-0.4, -0.2) is 56.1 Å². The van der Waals surface area contributed by atoms with Crippen LogP contribution in [0.5, 0.6) is 5.75 Å². The summed E-state index contributed by atoms with van der Waals surface area (Å²) in [5.41, 5.74) is -0.467. The Bertz CT molecular complexity index is 730. The molecule has 0 unspecified atom stereocenters. The number of amides is 1. The molecule has 7 nitrogen and oxygen atoms in total. The fourth-order valence-electron chi connectivity index (χ4n) is 2.36. The number of halogens is 1. The lowest BCUT2D eigenvalue weighted by atomic mass is 10.0. The quantitative estimate of drug-likeness (QED) is 0.379. The van der Waals surface area contributed by atoms with E-state index in [-0.39, 0.29) is 29.5 Å². The highest BCUT2D eigenvalue weighted by Gasteiger charge is 2.37. The highest BCUT2D eigenvalue weighted by atomic mass is 28.4. The van der Waals surface area contributed by atoms with Crippen LogP contribution in [0, 0.1) is 5.82 Å². The van der Waals surface area contributed by atoms with Gasteiger partial charge in [0.15, 0.2) is 8.32 Å². The van der Waals surface area contributed by atoms with E-state index in [0.29, 0.717) is 6.61 Å². The zero-order valence-electron chi connectivity index (χ0n) is 19.9. The molecule has 0 bridgehead atoms. The van der Waals surface area contributed by atoms with Gasteiger partial charge in [-0.3, -0.25) is 0 Å². The molecule has 0 heterocycles. The Morgan fingerprint density at radius 2 is 1.74 bits per heavy atom. The van der Waals surface area contributed by atoms with Gasteiger partial charge in [0, 0.05) is 18.2 Å². The third-order valence-corrected chi connectivity index (χ3v) is 9.66. The van der Waals surface area contributed by atoms with Crippen molar-refractivity contribution in [3.8, 4) is 5.75 Å². The fraction of sp³-hybridized carbons (Fsp3) is 0.682. The number of hydrogen-bond acceptors (Lipinski definition) is 6. The van der Waals surface area contributed by atoms with E-state index in [4.69, 9.17) is 13.9 Å². The molecule has 3 N–H and O–H groups in total. The van der Waals surface area contributed by atoms with Gasteiger partial charge in [-0.1, -0.05) is 20.8 Å². The Hall–Kier alpha value is -1.68. The maximum atomic E-state index is 13.8. The van der Waals surface area contributed by atoms with Crippen molar-refractivity contribution in [2.24, 2.45) is 0 Å². The van der Waals surface area contributed by atoms with Crippen molar-refractivity contribution in [3.63, 3.8) is 0 Å². The number of carbonyl (C=O) groups is 1. The maximum Gasteiger partial charge on any atom is 0.407 e. The van der Waals surface area contributed by atoms with Gasteiger partial charge < -0.3 is 29.4 Å². The average Bonchev–Trinajstić information content (AvgIpc) is 2.60. The molecule has 2 atom stereocenters. The molecule has 0 saturated carbocycles. The molecule has 1 rings (SSSR count). The molecule has 178 valence electrons. The summed E-state index contributed by atoms with van der Waals surface area (Å²) in [7, 11) is -1.94. The second-order valence-corrected chi connectivity index (χ2v) is 14.8. The molecule has 1 aromatic rings. The predicted molar refractivity (Wildman–Crippen MR) is 120 cm³/mol. The van der Waals surface area contributed by atoms with Gasteiger partial charge in [0.2, 0.25) is 0 Å². The summed E-state index contributed by atoms with van der Waals surface area (Å²) in [4.78, 5) is 11.7. The zero-order valence-corrected chi connectivity index (χ0v) is 20.9. The number of alkyl carbamates (subject to hydrolysis) is 1. The summed E-state index contributed by atoms with van der Waals surface area (Å²) in [6.07, 6.45) is -3.45. The number of ether oxygens (including phenoxy) is 2. The molecule has 31 heavy (non-hydrogen) atoms. The Morgan fingerprint density at radius 3 is 2.29 bits per heavy atom. The number of hydrogen-bond donors (Lipinski definition) is 3. The molecule has 0 radical (unpaired) electrons. The van der Waals surface area contributed by atoms with E-state index in [0.717, 1.165) is 6.07 Å². The summed E-state index contributed by atoms with van der Waals surface area (Å²) in [5.74, 6) is -0.416. The van der Waals surface area contributed by atoms with Gasteiger partial charge in [0.05, 0.1) is 6.61 Å². The number of aliphatic hydroxyl groups is 2. The van der Waals surface area contributed by atoms with Crippen molar-refractivity contribution in [3.05, 3.63) is 29.6 Å². The third kappa shape index (κ3) is 9.14. The maximum absolute atomic E-state index is 13.8. The summed E-state index contributed by atoms with van der Waals surface area (Å²) in [6.45, 7) is 16.0. The minimum atomic E-state index is -1.94. The largest absolute Gasteiger partial charge is 0.491 e. The SMILES string of the molecule is CC(C)(C)OC(=O)NC[C@@H](O)[C@H](O)c1ccc(F)cc1OCCO[Si](C)(C)C(C)(C)C. The molecule has 1 aromatic carbocycles. The Kier molecular flexibility index (Phi) is 9.49. The lowest BCUT2D eigenvalue weighted by Crippen LogP contribution is -2.41. The van der Waals surface area contributed by atoms with E-state index in [1.807, 2.05) is 0 Å². The first-order valence-corrected chi connectivity index (χ1v) is 13.3. The normalized spacial score (nSPS) is 14.7. The standard InChI is InChI=1S/C22H38FNO6Si/c1-21(2,3)30-20(27)24-14-17(25)19(26)16-10-9-15(23)13-18(16)28-11-12-29-31(7,8)22(4,5)6/h9-10,13,17,19,25-26H,11-12,14H2,1-8H3,(H,24,27)/t17-,19-/m1/s1. The topological polar surface area (TPSA) is 97.3 Å². The van der Waals surface area contributed by atoms with E-state index >= 15 is 0 Å². The van der Waals surface area contributed by atoms with Crippen LogP contribution in [0.4, 0.5) is 9.18 Å². The van der Waals surface area contributed by atoms with Crippen molar-refractivity contribution < 1.29 is 33.3 Å². The molecule has 0 spiro atoms. The molecule has 0 fully saturated rings. The molecule has 0 aliphatic rings. The molecule has 0 aromatic heterocycles. The number of carbonyl (C=O) groups excluding carboxylic acids is 1. The Balaban J connectivity index is 2.73. The van der Waals surface area contributed by atoms with Crippen molar-refractivity contribution in [1.29, 1.82) is 0 Å². The number of nitrogens with one attached hydrogen (secondary N) is 1. The van der Waals surface area contributed by atoms with Crippen molar-refractivity contribution >= 4 is 14.4 Å². The predicted octanol–water partition coefficient (Wildman–Crippen LogP) is 4.15. The second-order valence-electron chi connectivity index (χ2n) is 10.0. The minimum Gasteiger partial charge on any atom is -0.491 e. The molecule has 1 amide bonds. The number of benzene rings is 1. The summed E-state index contributed by atoms with van der Waals surface area (Å²) in [6, 6.07) is 3.67. The number of aliphatic hydroxyl groups excluding tert-OH is 2. The summed E-state index contributed by atoms with van der Waals surface area (Å²) >= 11 is 0. The molecule has 0 saturated heterocycles. The zero-order chi connectivity index (χ0) is 24.0. The fourth-order valence-corrected chi connectivity index (χ4v) is 3.39. The minimum absolute atomic E-state index is 0.0540. The molecule has 9 heteroatoms. The first kappa shape index (κ1) is 27.4. The van der Waals surface area contributed by atoms with Gasteiger partial charge in [-0.25, -0.2) is 9.18 Å². The van der Waals surface area contributed by atoms with Gasteiger partial charge in [-0.05, 0) is 51.0 Å². The van der Waals surface area contributed by atoms with Crippen molar-refractivity contribution in [2.45, 2.75) is 77.5 Å². The highest BCUT2D eigenvalue weighted by Crippen LogP contribution is 2.36. The number of rotatable bonds is 9. The Morgan fingerprint density at radius 1 is 1.13 bits per heavy atom. The van der Waals surface area contributed by atoms with E-state index in [1.54, 1.807) is 20.8 Å². The smallest absolute Gasteiger partial charge is 0.407 e. The van der Waals surface area contributed by atoms with Crippen LogP contribution in [0.3, 0.4) is 0 Å². The second kappa shape index (κ2) is 10.8. The van der Waals surface area contributed by atoms with Crippen LogP contribution in [0.1, 0.15) is 53.2 Å². The van der Waals surface area contributed by atoms with E-state index in [9.17, 15) is 19.4 Å². The first-order valence-electron chi connectivity index (χ1n) is 10.4. The molecular weight excluding hydrogens is 421 g/mol. The first-order chi connectivity index (χ1) is 14.0. The summed E-state index contributed by atoms with van der Waals surface area (Å²) < 4.78 is 30.6. The van der Waals surface area contributed by atoms with E-state index in [2.05, 4.69) is 39.2 Å². The van der Waals surface area contributed by atoms with E-state index < -0.39 is 38.0 Å². The Labute approximate surface area is 186 Å². The van der Waals surface area contributed by atoms with Crippen LogP contribution in [0.2, 0.25) is 18.1 Å². The van der Waals surface area contributed by atoms with Gasteiger partial charge >= 0.3 is 6.09 Å². The van der Waals surface area contributed by atoms with E-state index in [1.165, 1.54) is 12.1 Å². The van der Waals surface area contributed by atoms with Crippen molar-refractivity contribution in [2.75, 3.05) is 19.8 Å². The lowest BCUT2D eigenvalue weighted by Gasteiger charge is -2.36. The molecular formula is C22H38FNO6Si. The highest BCUT2D eigenvalue weighted by molar-refractivity contribution is 6.74. The average molecular weight is 460 g/mol. The van der Waals surface area contributed by atoms with Crippen LogP contribution in [0.15, 0.2) is 18.2 Å². The van der Waals surface area contributed by atoms with Crippen molar-refractivity contribution in [1.82, 2.24) is 5.32 Å². The molecule has 0 aliphatic carbocycles. The van der Waals surface area contributed by atoms with Gasteiger partial charge in [-0.2, -0.15) is 0 Å². The third-order valence-electron chi connectivity index (χ3n) is 5.12. The summed E-state index contributed by atoms with van der Waals surface area (Å²) in [5, 5.41) is 23.3.